The normalized spacial score (nSPS) is 48.0. The molecule has 0 unspecified atom stereocenters. The summed E-state index contributed by atoms with van der Waals surface area (Å²) in [4.78, 5) is 0. The first-order valence-corrected chi connectivity index (χ1v) is 9.55. The minimum absolute atomic E-state index is 0.307. The van der Waals surface area contributed by atoms with Crippen molar-refractivity contribution < 1.29 is 45.2 Å². The first-order chi connectivity index (χ1) is 12.8. The minimum Gasteiger partial charge on any atom is -0.394 e. The van der Waals surface area contributed by atoms with Crippen LogP contribution in [0.15, 0.2) is 12.2 Å². The van der Waals surface area contributed by atoms with Crippen molar-refractivity contribution in [2.75, 3.05) is 6.61 Å². The van der Waals surface area contributed by atoms with E-state index in [0.717, 1.165) is 0 Å². The Hall–Kier alpha value is -0.620. The molecule has 2 rings (SSSR count). The van der Waals surface area contributed by atoms with E-state index >= 15 is 0 Å². The maximum absolute atomic E-state index is 10.8. The summed E-state index contributed by atoms with van der Waals surface area (Å²) < 4.78 is 10.9. The van der Waals surface area contributed by atoms with Crippen molar-refractivity contribution in [3.05, 3.63) is 12.2 Å². The van der Waals surface area contributed by atoms with Gasteiger partial charge in [0.25, 0.3) is 0 Å². The van der Waals surface area contributed by atoms with Gasteiger partial charge in [0, 0.05) is 5.92 Å². The summed E-state index contributed by atoms with van der Waals surface area (Å²) >= 11 is 0. The maximum Gasteiger partial charge on any atom is 0.187 e. The number of aliphatic hydroxyl groups excluding tert-OH is 6. The Balaban J connectivity index is 2.09. The molecule has 7 N–H and O–H groups in total. The predicted molar refractivity (Wildman–Crippen MR) is 98.0 cm³/mol. The number of hydrogen-bond donors (Lipinski definition) is 7. The average molecular weight is 406 g/mol. The molecule has 0 aromatic carbocycles. The topological polar surface area (TPSA) is 160 Å². The molecule has 1 aliphatic carbocycles. The molecule has 0 aromatic heterocycles. The van der Waals surface area contributed by atoms with E-state index in [1.807, 2.05) is 13.8 Å². The molecule has 1 heterocycles. The van der Waals surface area contributed by atoms with Crippen LogP contribution in [0.25, 0.3) is 0 Å². The monoisotopic (exact) mass is 406 g/mol. The lowest BCUT2D eigenvalue weighted by atomic mass is 9.59. The first-order valence-electron chi connectivity index (χ1n) is 9.55. The van der Waals surface area contributed by atoms with Gasteiger partial charge >= 0.3 is 0 Å². The Morgan fingerprint density at radius 3 is 2.25 bits per heavy atom. The zero-order chi connectivity index (χ0) is 21.4. The van der Waals surface area contributed by atoms with Crippen LogP contribution in [0.3, 0.4) is 0 Å². The molecule has 9 heteroatoms. The summed E-state index contributed by atoms with van der Waals surface area (Å²) in [5.74, 6) is -0.487. The van der Waals surface area contributed by atoms with E-state index in [0.29, 0.717) is 6.42 Å². The van der Waals surface area contributed by atoms with E-state index in [4.69, 9.17) is 9.47 Å². The molecule has 1 aliphatic heterocycles. The van der Waals surface area contributed by atoms with Crippen molar-refractivity contribution in [2.24, 2.45) is 11.3 Å². The van der Waals surface area contributed by atoms with Crippen LogP contribution in [-0.4, -0.2) is 97.0 Å². The molecular formula is C19H34O9. The van der Waals surface area contributed by atoms with Crippen LogP contribution >= 0.6 is 0 Å². The van der Waals surface area contributed by atoms with Gasteiger partial charge in [0.1, 0.15) is 30.5 Å². The molecule has 9 nitrogen and oxygen atoms in total. The minimum atomic E-state index is -1.56. The van der Waals surface area contributed by atoms with Gasteiger partial charge in [0.15, 0.2) is 6.29 Å². The summed E-state index contributed by atoms with van der Waals surface area (Å²) in [5.41, 5.74) is -2.05. The molecule has 2 fully saturated rings. The van der Waals surface area contributed by atoms with Gasteiger partial charge in [0.2, 0.25) is 0 Å². The van der Waals surface area contributed by atoms with Gasteiger partial charge in [-0.1, -0.05) is 26.0 Å². The molecule has 28 heavy (non-hydrogen) atoms. The second kappa shape index (κ2) is 8.63. The Morgan fingerprint density at radius 1 is 1.07 bits per heavy atom. The highest BCUT2D eigenvalue weighted by molar-refractivity contribution is 5.12. The van der Waals surface area contributed by atoms with Crippen LogP contribution in [0.2, 0.25) is 0 Å². The molecule has 0 radical (unpaired) electrons. The molecule has 1 saturated heterocycles. The quantitative estimate of drug-likeness (QED) is 0.263. The lowest BCUT2D eigenvalue weighted by Crippen LogP contribution is -2.61. The number of rotatable bonds is 5. The third kappa shape index (κ3) is 4.58. The lowest BCUT2D eigenvalue weighted by molar-refractivity contribution is -0.306. The van der Waals surface area contributed by atoms with Gasteiger partial charge < -0.3 is 45.2 Å². The summed E-state index contributed by atoms with van der Waals surface area (Å²) in [7, 11) is 0. The number of aliphatic hydroxyl groups is 7. The number of ether oxygens (including phenoxy) is 2. The largest absolute Gasteiger partial charge is 0.394 e. The summed E-state index contributed by atoms with van der Waals surface area (Å²) in [6, 6.07) is 0. The standard InChI is InChI=1S/C19H34O9/c1-9(27-17-15(24)14(23)13(22)11(8-20)28-17)5-6-12-18(2,3)7-10(21)16(25)19(12,4)26/h5-6,9-17,20-26H,7-8H2,1-4H3/b6-5+/t9-,10-,11+,12+,13+,14-,15+,16+,17+,19+/m0/s1. The molecule has 0 bridgehead atoms. The number of hydrogen-bond acceptors (Lipinski definition) is 9. The van der Waals surface area contributed by atoms with Crippen molar-refractivity contribution in [1.82, 2.24) is 0 Å². The van der Waals surface area contributed by atoms with Crippen LogP contribution in [-0.2, 0) is 9.47 Å². The maximum atomic E-state index is 10.8. The average Bonchev–Trinajstić information content (AvgIpc) is 2.59. The van der Waals surface area contributed by atoms with Crippen molar-refractivity contribution >= 4 is 0 Å². The predicted octanol–water partition coefficient (Wildman–Crippen LogP) is -1.73. The highest BCUT2D eigenvalue weighted by Gasteiger charge is 2.53. The third-order valence-electron chi connectivity index (χ3n) is 5.94. The summed E-state index contributed by atoms with van der Waals surface area (Å²) in [6.45, 7) is 6.35. The van der Waals surface area contributed by atoms with Crippen LogP contribution in [0.4, 0.5) is 0 Å². The summed E-state index contributed by atoms with van der Waals surface area (Å²) in [6.07, 6.45) is -6.11. The zero-order valence-corrected chi connectivity index (χ0v) is 16.7. The Morgan fingerprint density at radius 2 is 1.68 bits per heavy atom. The molecule has 1 saturated carbocycles. The molecule has 0 aromatic rings. The third-order valence-corrected chi connectivity index (χ3v) is 5.94. The second-order valence-electron chi connectivity index (χ2n) is 8.83. The van der Waals surface area contributed by atoms with E-state index in [9.17, 15) is 35.7 Å². The molecule has 0 amide bonds. The van der Waals surface area contributed by atoms with E-state index in [1.54, 1.807) is 19.1 Å². The van der Waals surface area contributed by atoms with E-state index in [2.05, 4.69) is 0 Å². The van der Waals surface area contributed by atoms with Crippen LogP contribution in [0.5, 0.6) is 0 Å². The van der Waals surface area contributed by atoms with Gasteiger partial charge in [-0.05, 0) is 25.7 Å². The first kappa shape index (κ1) is 23.7. The molecule has 10 atom stereocenters. The SMILES string of the molecule is C[C@@H](/C=C/[C@@H]1C(C)(C)C[C@H](O)[C@@H](O)[C@]1(C)O)O[C@@H]1O[C@H](CO)[C@@H](O)[C@H](O)[C@H]1O. The fourth-order valence-corrected chi connectivity index (χ4v) is 4.30. The lowest BCUT2D eigenvalue weighted by Gasteiger charge is -2.51. The van der Waals surface area contributed by atoms with Crippen molar-refractivity contribution in [2.45, 2.75) is 88.7 Å². The van der Waals surface area contributed by atoms with Crippen LogP contribution in [0, 0.1) is 11.3 Å². The Kier molecular flexibility index (Phi) is 7.29. The van der Waals surface area contributed by atoms with Crippen molar-refractivity contribution in [3.63, 3.8) is 0 Å². The molecule has 0 spiro atoms. The van der Waals surface area contributed by atoms with Gasteiger partial charge in [-0.25, -0.2) is 0 Å². The molecule has 164 valence electrons. The van der Waals surface area contributed by atoms with Crippen LogP contribution < -0.4 is 0 Å². The second-order valence-corrected chi connectivity index (χ2v) is 8.83. The van der Waals surface area contributed by atoms with Gasteiger partial charge in [0.05, 0.1) is 24.4 Å². The van der Waals surface area contributed by atoms with Gasteiger partial charge in [-0.15, -0.1) is 0 Å². The highest BCUT2D eigenvalue weighted by Crippen LogP contribution is 2.47. The van der Waals surface area contributed by atoms with Crippen molar-refractivity contribution in [1.29, 1.82) is 0 Å². The van der Waals surface area contributed by atoms with E-state index in [1.165, 1.54) is 6.92 Å². The van der Waals surface area contributed by atoms with Gasteiger partial charge in [-0.3, -0.25) is 0 Å². The highest BCUT2D eigenvalue weighted by atomic mass is 16.7. The zero-order valence-electron chi connectivity index (χ0n) is 16.7. The van der Waals surface area contributed by atoms with E-state index < -0.39 is 72.6 Å². The fourth-order valence-electron chi connectivity index (χ4n) is 4.30. The van der Waals surface area contributed by atoms with Crippen LogP contribution in [0.1, 0.15) is 34.1 Å². The smallest absolute Gasteiger partial charge is 0.187 e. The molecular weight excluding hydrogens is 372 g/mol. The Labute approximate surface area is 164 Å². The fraction of sp³-hybridized carbons (Fsp3) is 0.895. The van der Waals surface area contributed by atoms with E-state index in [-0.39, 0.29) is 0 Å². The summed E-state index contributed by atoms with van der Waals surface area (Å²) in [5, 5.41) is 69.9. The molecule has 2 aliphatic rings. The Bertz CT molecular complexity index is 548. The van der Waals surface area contributed by atoms with Crippen molar-refractivity contribution in [3.8, 4) is 0 Å². The van der Waals surface area contributed by atoms with Gasteiger partial charge in [-0.2, -0.15) is 0 Å².